The summed E-state index contributed by atoms with van der Waals surface area (Å²) in [5, 5.41) is 2.04. The standard InChI is InChI=1S/C13H15ClN2/c14-11-2-1-3-12-13(11)9(6-7-15)8-16(12)10-4-5-10/h1-3,8,10H,4-7,15H2. The molecule has 84 valence electrons. The first-order valence-corrected chi connectivity index (χ1v) is 6.17. The fourth-order valence-electron chi connectivity index (χ4n) is 2.35. The number of hydrogen-bond acceptors (Lipinski definition) is 1. The first kappa shape index (κ1) is 10.2. The predicted molar refractivity (Wildman–Crippen MR) is 68.0 cm³/mol. The van der Waals surface area contributed by atoms with Crippen molar-refractivity contribution in [3.63, 3.8) is 0 Å². The van der Waals surface area contributed by atoms with Gasteiger partial charge in [-0.25, -0.2) is 0 Å². The van der Waals surface area contributed by atoms with Crippen molar-refractivity contribution >= 4 is 22.5 Å². The quantitative estimate of drug-likeness (QED) is 0.869. The lowest BCUT2D eigenvalue weighted by atomic mass is 10.1. The van der Waals surface area contributed by atoms with Crippen molar-refractivity contribution in [2.75, 3.05) is 6.54 Å². The normalized spacial score (nSPS) is 15.9. The summed E-state index contributed by atoms with van der Waals surface area (Å²) < 4.78 is 2.37. The molecule has 0 unspecified atom stereocenters. The van der Waals surface area contributed by atoms with Crippen LogP contribution in [0, 0.1) is 0 Å². The van der Waals surface area contributed by atoms with E-state index in [-0.39, 0.29) is 0 Å². The molecule has 3 heteroatoms. The van der Waals surface area contributed by atoms with E-state index in [1.54, 1.807) is 0 Å². The zero-order valence-corrected chi connectivity index (χ0v) is 9.87. The predicted octanol–water partition coefficient (Wildman–Crippen LogP) is 3.13. The monoisotopic (exact) mass is 234 g/mol. The summed E-state index contributed by atoms with van der Waals surface area (Å²) in [7, 11) is 0. The van der Waals surface area contributed by atoms with Gasteiger partial charge in [-0.3, -0.25) is 0 Å². The second-order valence-corrected chi connectivity index (χ2v) is 4.87. The number of rotatable bonds is 3. The number of halogens is 1. The lowest BCUT2D eigenvalue weighted by Crippen LogP contribution is -2.02. The number of nitrogens with two attached hydrogens (primary N) is 1. The molecule has 2 N–H and O–H groups in total. The maximum absolute atomic E-state index is 6.28. The van der Waals surface area contributed by atoms with Gasteiger partial charge in [0.15, 0.2) is 0 Å². The van der Waals surface area contributed by atoms with Gasteiger partial charge in [-0.1, -0.05) is 17.7 Å². The minimum absolute atomic E-state index is 0.676. The van der Waals surface area contributed by atoms with Crippen LogP contribution in [0.1, 0.15) is 24.4 Å². The van der Waals surface area contributed by atoms with E-state index in [1.807, 2.05) is 12.1 Å². The molecule has 1 heterocycles. The van der Waals surface area contributed by atoms with E-state index in [2.05, 4.69) is 16.8 Å². The average molecular weight is 235 g/mol. The highest BCUT2D eigenvalue weighted by molar-refractivity contribution is 6.35. The summed E-state index contributed by atoms with van der Waals surface area (Å²) in [5.74, 6) is 0. The van der Waals surface area contributed by atoms with Crippen molar-refractivity contribution < 1.29 is 0 Å². The molecule has 3 rings (SSSR count). The molecule has 0 spiro atoms. The van der Waals surface area contributed by atoms with Gasteiger partial charge >= 0.3 is 0 Å². The Hall–Kier alpha value is -0.990. The van der Waals surface area contributed by atoms with Crippen LogP contribution in [-0.4, -0.2) is 11.1 Å². The topological polar surface area (TPSA) is 30.9 Å². The van der Waals surface area contributed by atoms with Gasteiger partial charge in [0.05, 0.1) is 10.5 Å². The van der Waals surface area contributed by atoms with E-state index < -0.39 is 0 Å². The fourth-order valence-corrected chi connectivity index (χ4v) is 2.64. The van der Waals surface area contributed by atoms with Gasteiger partial charge < -0.3 is 10.3 Å². The van der Waals surface area contributed by atoms with Crippen LogP contribution in [0.4, 0.5) is 0 Å². The van der Waals surface area contributed by atoms with E-state index in [1.165, 1.54) is 29.3 Å². The molecular weight excluding hydrogens is 220 g/mol. The maximum atomic E-state index is 6.28. The second-order valence-electron chi connectivity index (χ2n) is 4.47. The molecule has 0 aliphatic heterocycles. The largest absolute Gasteiger partial charge is 0.344 e. The highest BCUT2D eigenvalue weighted by Crippen LogP contribution is 2.40. The molecule has 0 atom stereocenters. The fraction of sp³-hybridized carbons (Fsp3) is 0.385. The highest BCUT2D eigenvalue weighted by Gasteiger charge is 2.26. The summed E-state index contributed by atoms with van der Waals surface area (Å²) in [6, 6.07) is 6.82. The van der Waals surface area contributed by atoms with Gasteiger partial charge in [0.2, 0.25) is 0 Å². The Morgan fingerprint density at radius 1 is 1.38 bits per heavy atom. The molecular formula is C13H15ClN2. The molecule has 1 fully saturated rings. The molecule has 0 radical (unpaired) electrons. The molecule has 1 aliphatic rings. The van der Waals surface area contributed by atoms with Crippen LogP contribution < -0.4 is 5.73 Å². The van der Waals surface area contributed by atoms with Gasteiger partial charge in [0.1, 0.15) is 0 Å². The Labute approximate surface area is 100.0 Å². The van der Waals surface area contributed by atoms with Gasteiger partial charge in [-0.05, 0) is 43.5 Å². The summed E-state index contributed by atoms with van der Waals surface area (Å²) in [5.41, 5.74) is 8.20. The zero-order chi connectivity index (χ0) is 11.1. The highest BCUT2D eigenvalue weighted by atomic mass is 35.5. The minimum atomic E-state index is 0.676. The van der Waals surface area contributed by atoms with Crippen molar-refractivity contribution in [1.82, 2.24) is 4.57 Å². The molecule has 1 aromatic heterocycles. The average Bonchev–Trinajstić information content (AvgIpc) is 3.04. The molecule has 0 saturated heterocycles. The maximum Gasteiger partial charge on any atom is 0.0502 e. The Balaban J connectivity index is 2.24. The molecule has 2 aromatic rings. The van der Waals surface area contributed by atoms with Crippen LogP contribution >= 0.6 is 11.6 Å². The van der Waals surface area contributed by atoms with E-state index in [0.717, 1.165) is 11.4 Å². The molecule has 1 saturated carbocycles. The number of aromatic nitrogens is 1. The van der Waals surface area contributed by atoms with E-state index >= 15 is 0 Å². The SMILES string of the molecule is NCCc1cn(C2CC2)c2cccc(Cl)c12. The van der Waals surface area contributed by atoms with Crippen molar-refractivity contribution in [3.8, 4) is 0 Å². The van der Waals surface area contributed by atoms with Gasteiger partial charge in [0.25, 0.3) is 0 Å². The lowest BCUT2D eigenvalue weighted by Gasteiger charge is -2.01. The molecule has 0 bridgehead atoms. The van der Waals surface area contributed by atoms with Crippen molar-refractivity contribution in [2.24, 2.45) is 5.73 Å². The molecule has 1 aromatic carbocycles. The van der Waals surface area contributed by atoms with Gasteiger partial charge in [-0.15, -0.1) is 0 Å². The lowest BCUT2D eigenvalue weighted by molar-refractivity contribution is 0.770. The molecule has 2 nitrogen and oxygen atoms in total. The van der Waals surface area contributed by atoms with E-state index in [4.69, 9.17) is 17.3 Å². The Morgan fingerprint density at radius 3 is 2.88 bits per heavy atom. The van der Waals surface area contributed by atoms with Crippen LogP contribution in [-0.2, 0) is 6.42 Å². The van der Waals surface area contributed by atoms with Crippen LogP contribution in [0.25, 0.3) is 10.9 Å². The summed E-state index contributed by atoms with van der Waals surface area (Å²) in [6.07, 6.45) is 5.72. The summed E-state index contributed by atoms with van der Waals surface area (Å²) in [6.45, 7) is 0.676. The second kappa shape index (κ2) is 3.79. The van der Waals surface area contributed by atoms with Crippen molar-refractivity contribution in [3.05, 3.63) is 35.0 Å². The van der Waals surface area contributed by atoms with E-state index in [9.17, 15) is 0 Å². The van der Waals surface area contributed by atoms with Crippen LogP contribution in [0.2, 0.25) is 5.02 Å². The third-order valence-corrected chi connectivity index (χ3v) is 3.55. The van der Waals surface area contributed by atoms with Gasteiger partial charge in [0, 0.05) is 17.6 Å². The van der Waals surface area contributed by atoms with Crippen molar-refractivity contribution in [2.45, 2.75) is 25.3 Å². The Kier molecular flexibility index (Phi) is 2.41. The Bertz CT molecular complexity index is 526. The van der Waals surface area contributed by atoms with Crippen LogP contribution in [0.5, 0.6) is 0 Å². The van der Waals surface area contributed by atoms with Crippen LogP contribution in [0.3, 0.4) is 0 Å². The minimum Gasteiger partial charge on any atom is -0.344 e. The molecule has 16 heavy (non-hydrogen) atoms. The summed E-state index contributed by atoms with van der Waals surface area (Å²) >= 11 is 6.28. The first-order chi connectivity index (χ1) is 7.81. The van der Waals surface area contributed by atoms with Crippen LogP contribution in [0.15, 0.2) is 24.4 Å². The first-order valence-electron chi connectivity index (χ1n) is 5.79. The molecule has 0 amide bonds. The molecule has 1 aliphatic carbocycles. The summed E-state index contributed by atoms with van der Waals surface area (Å²) in [4.78, 5) is 0. The third kappa shape index (κ3) is 1.53. The zero-order valence-electron chi connectivity index (χ0n) is 9.12. The number of fused-ring (bicyclic) bond motifs is 1. The number of nitrogens with zero attached hydrogens (tertiary/aromatic N) is 1. The number of benzene rings is 1. The Morgan fingerprint density at radius 2 is 2.19 bits per heavy atom. The van der Waals surface area contributed by atoms with Crippen molar-refractivity contribution in [1.29, 1.82) is 0 Å². The van der Waals surface area contributed by atoms with E-state index in [0.29, 0.717) is 12.6 Å². The third-order valence-electron chi connectivity index (χ3n) is 3.24. The van der Waals surface area contributed by atoms with Gasteiger partial charge in [-0.2, -0.15) is 0 Å². The smallest absolute Gasteiger partial charge is 0.0502 e. The number of hydrogen-bond donors (Lipinski definition) is 1.